The third-order valence-corrected chi connectivity index (χ3v) is 1.86. The van der Waals surface area contributed by atoms with Crippen LogP contribution in [0.1, 0.15) is 12.5 Å². The van der Waals surface area contributed by atoms with Crippen molar-refractivity contribution in [1.82, 2.24) is 0 Å². The predicted molar refractivity (Wildman–Crippen MR) is 62.0 cm³/mol. The summed E-state index contributed by atoms with van der Waals surface area (Å²) >= 11 is 0. The highest BCUT2D eigenvalue weighted by Gasteiger charge is 2.03. The van der Waals surface area contributed by atoms with Gasteiger partial charge in [-0.15, -0.1) is 6.42 Å². The van der Waals surface area contributed by atoms with Crippen LogP contribution in [0.4, 0.5) is 0 Å². The largest absolute Gasteiger partial charge is 0.493 e. The molecule has 0 saturated carbocycles. The monoisotopic (exact) mass is 202 g/mol. The second-order valence-corrected chi connectivity index (χ2v) is 2.90. The highest BCUT2D eigenvalue weighted by molar-refractivity contribution is 5.55. The molecule has 0 aliphatic rings. The number of methoxy groups -OCH3 is 1. The SMILES string of the molecule is C#CCOc1ccc(/C=C\C)cc1OC. The minimum Gasteiger partial charge on any atom is -0.493 e. The number of hydrogen-bond acceptors (Lipinski definition) is 2. The molecule has 0 spiro atoms. The molecule has 0 heterocycles. The molecule has 0 aromatic heterocycles. The van der Waals surface area contributed by atoms with Crippen LogP contribution in [-0.4, -0.2) is 13.7 Å². The first kappa shape index (κ1) is 11.2. The van der Waals surface area contributed by atoms with Crippen LogP contribution < -0.4 is 9.47 Å². The van der Waals surface area contributed by atoms with Crippen molar-refractivity contribution in [3.8, 4) is 23.8 Å². The molecule has 1 aromatic rings. The van der Waals surface area contributed by atoms with Crippen molar-refractivity contribution in [3.05, 3.63) is 29.8 Å². The Morgan fingerprint density at radius 1 is 1.40 bits per heavy atom. The summed E-state index contributed by atoms with van der Waals surface area (Å²) in [5.74, 6) is 3.78. The summed E-state index contributed by atoms with van der Waals surface area (Å²) in [5, 5.41) is 0. The average molecular weight is 202 g/mol. The number of ether oxygens (including phenoxy) is 2. The van der Waals surface area contributed by atoms with Crippen LogP contribution >= 0.6 is 0 Å². The lowest BCUT2D eigenvalue weighted by molar-refractivity contribution is 0.331. The molecule has 1 rings (SSSR count). The van der Waals surface area contributed by atoms with Crippen LogP contribution in [0.15, 0.2) is 24.3 Å². The van der Waals surface area contributed by atoms with Crippen LogP contribution in [0.5, 0.6) is 11.5 Å². The summed E-state index contributed by atoms with van der Waals surface area (Å²) in [6.45, 7) is 2.22. The van der Waals surface area contributed by atoms with Gasteiger partial charge in [-0.05, 0) is 24.6 Å². The quantitative estimate of drug-likeness (QED) is 0.699. The fourth-order valence-electron chi connectivity index (χ4n) is 1.22. The van der Waals surface area contributed by atoms with E-state index in [0.29, 0.717) is 11.5 Å². The smallest absolute Gasteiger partial charge is 0.162 e. The summed E-state index contributed by atoms with van der Waals surface area (Å²) in [7, 11) is 1.61. The van der Waals surface area contributed by atoms with Gasteiger partial charge in [-0.2, -0.15) is 0 Å². The van der Waals surface area contributed by atoms with Crippen molar-refractivity contribution in [2.24, 2.45) is 0 Å². The minimum atomic E-state index is 0.249. The summed E-state index contributed by atoms with van der Waals surface area (Å²) < 4.78 is 10.5. The van der Waals surface area contributed by atoms with E-state index in [4.69, 9.17) is 15.9 Å². The molecule has 1 aromatic carbocycles. The van der Waals surface area contributed by atoms with E-state index < -0.39 is 0 Å². The van der Waals surface area contributed by atoms with E-state index in [1.165, 1.54) is 0 Å². The minimum absolute atomic E-state index is 0.249. The van der Waals surface area contributed by atoms with Gasteiger partial charge in [0.1, 0.15) is 6.61 Å². The van der Waals surface area contributed by atoms with Crippen LogP contribution in [-0.2, 0) is 0 Å². The lowest BCUT2D eigenvalue weighted by Crippen LogP contribution is -1.96. The first-order valence-electron chi connectivity index (χ1n) is 4.68. The highest BCUT2D eigenvalue weighted by atomic mass is 16.5. The van der Waals surface area contributed by atoms with Crippen molar-refractivity contribution in [1.29, 1.82) is 0 Å². The first-order valence-corrected chi connectivity index (χ1v) is 4.68. The molecule has 0 fully saturated rings. The molecule has 0 bridgehead atoms. The van der Waals surface area contributed by atoms with E-state index >= 15 is 0 Å². The summed E-state index contributed by atoms with van der Waals surface area (Å²) in [6, 6.07) is 5.71. The molecule has 0 unspecified atom stereocenters. The van der Waals surface area contributed by atoms with Gasteiger partial charge in [-0.3, -0.25) is 0 Å². The lowest BCUT2D eigenvalue weighted by atomic mass is 10.2. The predicted octanol–water partition coefficient (Wildman–Crippen LogP) is 2.74. The molecular weight excluding hydrogens is 188 g/mol. The van der Waals surface area contributed by atoms with E-state index in [2.05, 4.69) is 5.92 Å². The fraction of sp³-hybridized carbons (Fsp3) is 0.231. The number of hydrogen-bond donors (Lipinski definition) is 0. The zero-order valence-electron chi connectivity index (χ0n) is 8.99. The van der Waals surface area contributed by atoms with Gasteiger partial charge in [-0.1, -0.05) is 24.1 Å². The maximum absolute atomic E-state index is 5.33. The molecule has 0 aliphatic carbocycles. The Morgan fingerprint density at radius 3 is 2.80 bits per heavy atom. The van der Waals surface area contributed by atoms with E-state index in [1.807, 2.05) is 37.3 Å². The maximum Gasteiger partial charge on any atom is 0.162 e. The Balaban J connectivity index is 2.94. The van der Waals surface area contributed by atoms with Gasteiger partial charge in [0, 0.05) is 0 Å². The summed E-state index contributed by atoms with van der Waals surface area (Å²) in [6.07, 6.45) is 9.08. The standard InChI is InChI=1S/C13H14O2/c1-4-6-11-7-8-12(15-9-5-2)13(10-11)14-3/h2,4,6-8,10H,9H2,1,3H3/b6-4-. The van der Waals surface area contributed by atoms with Gasteiger partial charge in [0.2, 0.25) is 0 Å². The van der Waals surface area contributed by atoms with Gasteiger partial charge < -0.3 is 9.47 Å². The van der Waals surface area contributed by atoms with Gasteiger partial charge >= 0.3 is 0 Å². The molecule has 15 heavy (non-hydrogen) atoms. The molecule has 0 aliphatic heterocycles. The zero-order chi connectivity index (χ0) is 11.1. The third-order valence-electron chi connectivity index (χ3n) is 1.86. The molecule has 2 heteroatoms. The Bertz CT molecular complexity index is 386. The van der Waals surface area contributed by atoms with Crippen LogP contribution in [0.2, 0.25) is 0 Å². The van der Waals surface area contributed by atoms with Crippen molar-refractivity contribution in [3.63, 3.8) is 0 Å². The summed E-state index contributed by atoms with van der Waals surface area (Å²) in [4.78, 5) is 0. The van der Waals surface area contributed by atoms with Crippen molar-refractivity contribution in [2.45, 2.75) is 6.92 Å². The van der Waals surface area contributed by atoms with Crippen molar-refractivity contribution in [2.75, 3.05) is 13.7 Å². The Hall–Kier alpha value is -1.88. The van der Waals surface area contributed by atoms with E-state index in [-0.39, 0.29) is 6.61 Å². The van der Waals surface area contributed by atoms with Crippen LogP contribution in [0.3, 0.4) is 0 Å². The van der Waals surface area contributed by atoms with Crippen molar-refractivity contribution < 1.29 is 9.47 Å². The molecule has 0 saturated heterocycles. The number of terminal acetylenes is 1. The van der Waals surface area contributed by atoms with Gasteiger partial charge in [0.05, 0.1) is 7.11 Å². The third kappa shape index (κ3) is 3.07. The van der Waals surface area contributed by atoms with Gasteiger partial charge in [0.15, 0.2) is 11.5 Å². The highest BCUT2D eigenvalue weighted by Crippen LogP contribution is 2.28. The molecule has 0 N–H and O–H groups in total. The van der Waals surface area contributed by atoms with E-state index in [1.54, 1.807) is 7.11 Å². The molecule has 0 atom stereocenters. The first-order chi connectivity index (χ1) is 7.31. The second kappa shape index (κ2) is 5.77. The second-order valence-electron chi connectivity index (χ2n) is 2.90. The molecular formula is C13H14O2. The van der Waals surface area contributed by atoms with Crippen molar-refractivity contribution >= 4 is 6.08 Å². The maximum atomic E-state index is 5.33. The fourth-order valence-corrected chi connectivity index (χ4v) is 1.22. The molecule has 2 nitrogen and oxygen atoms in total. The lowest BCUT2D eigenvalue weighted by Gasteiger charge is -2.09. The Labute approximate surface area is 90.5 Å². The Kier molecular flexibility index (Phi) is 4.30. The van der Waals surface area contributed by atoms with Gasteiger partial charge in [0.25, 0.3) is 0 Å². The van der Waals surface area contributed by atoms with Crippen LogP contribution in [0, 0.1) is 12.3 Å². The average Bonchev–Trinajstić information content (AvgIpc) is 2.27. The van der Waals surface area contributed by atoms with E-state index in [0.717, 1.165) is 5.56 Å². The number of benzene rings is 1. The number of rotatable bonds is 4. The normalized spacial score (nSPS) is 9.93. The molecule has 78 valence electrons. The molecule has 0 amide bonds. The van der Waals surface area contributed by atoms with E-state index in [9.17, 15) is 0 Å². The van der Waals surface area contributed by atoms with Crippen LogP contribution in [0.25, 0.3) is 6.08 Å². The molecule has 0 radical (unpaired) electrons. The number of allylic oxidation sites excluding steroid dienone is 1. The Morgan fingerprint density at radius 2 is 2.20 bits per heavy atom. The van der Waals surface area contributed by atoms with Gasteiger partial charge in [-0.25, -0.2) is 0 Å². The summed E-state index contributed by atoms with van der Waals surface area (Å²) in [5.41, 5.74) is 1.07. The topological polar surface area (TPSA) is 18.5 Å². The zero-order valence-corrected chi connectivity index (χ0v) is 8.99.